The number of rotatable bonds is 7. The molecule has 0 spiro atoms. The van der Waals surface area contributed by atoms with Crippen LogP contribution in [0, 0.1) is 11.8 Å². The van der Waals surface area contributed by atoms with Crippen LogP contribution in [0.15, 0.2) is 55.0 Å². The van der Waals surface area contributed by atoms with Crippen molar-refractivity contribution in [2.45, 2.75) is 45.4 Å². The fourth-order valence-electron chi connectivity index (χ4n) is 4.95. The zero-order valence-corrected chi connectivity index (χ0v) is 19.3. The van der Waals surface area contributed by atoms with E-state index in [0.717, 1.165) is 53.2 Å². The van der Waals surface area contributed by atoms with Crippen LogP contribution in [0.4, 0.5) is 11.8 Å². The molecule has 4 aromatic heterocycles. The summed E-state index contributed by atoms with van der Waals surface area (Å²) in [5.41, 5.74) is 4.06. The third-order valence-corrected chi connectivity index (χ3v) is 6.46. The van der Waals surface area contributed by atoms with Gasteiger partial charge in [-0.25, -0.2) is 9.97 Å². The molecule has 1 fully saturated rings. The number of hydrogen-bond donors (Lipinski definition) is 1. The molecule has 0 saturated heterocycles. The number of nitrogens with zero attached hydrogens (tertiary/aromatic N) is 7. The van der Waals surface area contributed by atoms with Crippen LogP contribution in [0.2, 0.25) is 0 Å². The van der Waals surface area contributed by atoms with Crippen LogP contribution in [0.25, 0.3) is 16.9 Å². The fraction of sp³-hybridized carbons (Fsp3) is 0.400. The molecule has 8 heteroatoms. The van der Waals surface area contributed by atoms with E-state index >= 15 is 0 Å². The minimum absolute atomic E-state index is 0.526. The molecule has 2 atom stereocenters. The largest absolute Gasteiger partial charge is 0.309 e. The maximum Gasteiger partial charge on any atom is 0.228 e. The summed E-state index contributed by atoms with van der Waals surface area (Å²) in [5, 5.41) is 16.2. The van der Waals surface area contributed by atoms with Gasteiger partial charge in [0, 0.05) is 37.5 Å². The summed E-state index contributed by atoms with van der Waals surface area (Å²) in [6, 6.07) is 7.86. The average molecular weight is 443 g/mol. The lowest BCUT2D eigenvalue weighted by Gasteiger charge is -2.28. The van der Waals surface area contributed by atoms with Gasteiger partial charge >= 0.3 is 0 Å². The maximum atomic E-state index is 4.66. The van der Waals surface area contributed by atoms with Gasteiger partial charge in [0.1, 0.15) is 11.6 Å². The number of aryl methyl sites for hydroxylation is 2. The van der Waals surface area contributed by atoms with E-state index in [4.69, 9.17) is 0 Å². The zero-order chi connectivity index (χ0) is 22.8. The number of hydrogen-bond acceptors (Lipinski definition) is 6. The van der Waals surface area contributed by atoms with Gasteiger partial charge in [0.05, 0.1) is 11.9 Å². The van der Waals surface area contributed by atoms with Gasteiger partial charge in [0.25, 0.3) is 0 Å². The van der Waals surface area contributed by atoms with Crippen molar-refractivity contribution in [3.8, 4) is 11.3 Å². The molecule has 5 rings (SSSR count). The molecule has 1 aliphatic rings. The molecule has 2 unspecified atom stereocenters. The molecule has 0 aromatic carbocycles. The molecule has 4 heterocycles. The zero-order valence-electron chi connectivity index (χ0n) is 19.3. The van der Waals surface area contributed by atoms with E-state index in [1.165, 1.54) is 31.3 Å². The van der Waals surface area contributed by atoms with Gasteiger partial charge in [-0.3, -0.25) is 9.08 Å². The van der Waals surface area contributed by atoms with E-state index in [1.807, 2.05) is 31.4 Å². The minimum Gasteiger partial charge on any atom is -0.309 e. The van der Waals surface area contributed by atoms with Gasteiger partial charge in [-0.15, -0.1) is 10.2 Å². The highest BCUT2D eigenvalue weighted by atomic mass is 15.3. The third-order valence-electron chi connectivity index (χ3n) is 6.46. The molecule has 0 aliphatic heterocycles. The van der Waals surface area contributed by atoms with E-state index in [2.05, 4.69) is 54.6 Å². The number of aromatic nitrogens is 7. The van der Waals surface area contributed by atoms with Crippen molar-refractivity contribution in [1.29, 1.82) is 0 Å². The van der Waals surface area contributed by atoms with Crippen LogP contribution in [0.5, 0.6) is 0 Å². The van der Waals surface area contributed by atoms with E-state index in [1.54, 1.807) is 17.1 Å². The molecule has 1 aliphatic carbocycles. The van der Waals surface area contributed by atoms with E-state index in [0.29, 0.717) is 5.95 Å². The summed E-state index contributed by atoms with van der Waals surface area (Å²) < 4.78 is 3.83. The summed E-state index contributed by atoms with van der Waals surface area (Å²) in [6.07, 6.45) is 12.5. The summed E-state index contributed by atoms with van der Waals surface area (Å²) in [4.78, 5) is 8.99. The average Bonchev–Trinajstić information content (AvgIpc) is 3.39. The van der Waals surface area contributed by atoms with Gasteiger partial charge in [0.2, 0.25) is 5.95 Å². The van der Waals surface area contributed by atoms with Gasteiger partial charge in [-0.05, 0) is 62.1 Å². The first-order valence-electron chi connectivity index (χ1n) is 11.6. The lowest BCUT2D eigenvalue weighted by atomic mass is 9.78. The van der Waals surface area contributed by atoms with Gasteiger partial charge in [-0.2, -0.15) is 5.10 Å². The van der Waals surface area contributed by atoms with Crippen LogP contribution in [0.1, 0.15) is 44.9 Å². The Hall–Kier alpha value is -3.55. The van der Waals surface area contributed by atoms with Crippen LogP contribution in [0.3, 0.4) is 0 Å². The number of pyridine rings is 1. The summed E-state index contributed by atoms with van der Waals surface area (Å²) in [5.74, 6) is 3.90. The topological polar surface area (TPSA) is 85.8 Å². The van der Waals surface area contributed by atoms with Crippen LogP contribution < -0.4 is 5.32 Å². The number of allylic oxidation sites excluding steroid dienone is 1. The van der Waals surface area contributed by atoms with Crippen molar-refractivity contribution >= 4 is 17.4 Å². The summed E-state index contributed by atoms with van der Waals surface area (Å²) in [7, 11) is 1.87. The van der Waals surface area contributed by atoms with E-state index < -0.39 is 0 Å². The molecule has 33 heavy (non-hydrogen) atoms. The van der Waals surface area contributed by atoms with Crippen molar-refractivity contribution in [3.05, 3.63) is 60.8 Å². The molecule has 0 radical (unpaired) electrons. The van der Waals surface area contributed by atoms with Crippen molar-refractivity contribution in [2.24, 2.45) is 18.9 Å². The molecule has 1 N–H and O–H groups in total. The first kappa shape index (κ1) is 21.3. The minimum atomic E-state index is 0.526. The maximum absolute atomic E-state index is 4.66. The lowest BCUT2D eigenvalue weighted by Crippen LogP contribution is -2.15. The highest BCUT2D eigenvalue weighted by Gasteiger charge is 2.21. The Labute approximate surface area is 193 Å². The van der Waals surface area contributed by atoms with Gasteiger partial charge < -0.3 is 5.32 Å². The second-order valence-electron chi connectivity index (χ2n) is 9.25. The Morgan fingerprint density at radius 2 is 2.06 bits per heavy atom. The molecule has 4 aromatic rings. The second-order valence-corrected chi connectivity index (χ2v) is 9.25. The normalized spacial score (nSPS) is 18.7. The van der Waals surface area contributed by atoms with E-state index in [-0.39, 0.29) is 0 Å². The Morgan fingerprint density at radius 3 is 2.88 bits per heavy atom. The van der Waals surface area contributed by atoms with Crippen LogP contribution in [-0.4, -0.2) is 34.3 Å². The van der Waals surface area contributed by atoms with E-state index in [9.17, 15) is 0 Å². The monoisotopic (exact) mass is 442 g/mol. The Bertz CT molecular complexity index is 1270. The third kappa shape index (κ3) is 4.79. The fourth-order valence-corrected chi connectivity index (χ4v) is 4.95. The van der Waals surface area contributed by atoms with Crippen LogP contribution >= 0.6 is 0 Å². The second kappa shape index (κ2) is 9.13. The van der Waals surface area contributed by atoms with Crippen molar-refractivity contribution in [2.75, 3.05) is 5.32 Å². The molecular formula is C25H30N8. The molecule has 0 amide bonds. The smallest absolute Gasteiger partial charge is 0.228 e. The lowest BCUT2D eigenvalue weighted by molar-refractivity contribution is 0.315. The predicted molar refractivity (Wildman–Crippen MR) is 129 cm³/mol. The quantitative estimate of drug-likeness (QED) is 0.406. The first-order chi connectivity index (χ1) is 16.0. The Balaban J connectivity index is 1.27. The highest BCUT2D eigenvalue weighted by Crippen LogP contribution is 2.34. The van der Waals surface area contributed by atoms with Gasteiger partial charge in [-0.1, -0.05) is 19.1 Å². The van der Waals surface area contributed by atoms with Crippen molar-refractivity contribution in [3.63, 3.8) is 0 Å². The highest BCUT2D eigenvalue weighted by molar-refractivity contribution is 5.65. The molecule has 8 nitrogen and oxygen atoms in total. The molecule has 0 bridgehead atoms. The Kier molecular flexibility index (Phi) is 5.90. The SMILES string of the molecule is C=C1CC(C)CC(CCCc2nnc3cc(-c4ccnc(Nc5ccnn5C)n4)ccn23)C1. The number of fused-ring (bicyclic) bond motifs is 1. The summed E-state index contributed by atoms with van der Waals surface area (Å²) >= 11 is 0. The standard InChI is InChI=1S/C25H30N8/c1-17-13-18(2)15-19(14-17)5-4-6-23-30-31-24-16-20(9-12-33(23)24)21-7-10-26-25(28-21)29-22-8-11-27-32(22)3/h7-12,16,18-19H,1,4-6,13-15H2,2-3H3,(H,26,28,29). The first-order valence-corrected chi connectivity index (χ1v) is 11.6. The predicted octanol–water partition coefficient (Wildman–Crippen LogP) is 4.98. The van der Waals surface area contributed by atoms with Crippen molar-refractivity contribution in [1.82, 2.24) is 34.3 Å². The number of anilines is 2. The summed E-state index contributed by atoms with van der Waals surface area (Å²) in [6.45, 7) is 6.57. The molecule has 1 saturated carbocycles. The Morgan fingerprint density at radius 1 is 1.15 bits per heavy atom. The van der Waals surface area contributed by atoms with Crippen molar-refractivity contribution < 1.29 is 0 Å². The molecule has 170 valence electrons. The van der Waals surface area contributed by atoms with Crippen LogP contribution in [-0.2, 0) is 13.5 Å². The molecular weight excluding hydrogens is 412 g/mol. The number of nitrogens with one attached hydrogen (secondary N) is 1. The van der Waals surface area contributed by atoms with Gasteiger partial charge in [0.15, 0.2) is 5.65 Å².